The zero-order chi connectivity index (χ0) is 22.7. The molecular weight excluding hydrogens is 389 g/mol. The summed E-state index contributed by atoms with van der Waals surface area (Å²) in [4.78, 5) is 24.6. The molecule has 0 saturated carbocycles. The molecule has 1 aromatic rings. The van der Waals surface area contributed by atoms with Crippen LogP contribution in [0.25, 0.3) is 0 Å². The number of esters is 1. The predicted molar refractivity (Wildman–Crippen MR) is 117 cm³/mol. The standard InChI is InChI=1S/C22H36NO5P/c1-8-21(24)29(23(16(2)3)17(4)5)27-15-19(7)28-18(6)14-26-22(25)20-12-10-9-11-13-20/h9-13,16-19H,8,14-15H2,1-7H3/i6D. The zero-order valence-electron chi connectivity index (χ0n) is 19.5. The Balaban J connectivity index is 2.60. The summed E-state index contributed by atoms with van der Waals surface area (Å²) in [5, 5.41) is 0. The number of hydrogen-bond donors (Lipinski definition) is 0. The van der Waals surface area contributed by atoms with E-state index in [0.717, 1.165) is 0 Å². The zero-order valence-corrected chi connectivity index (χ0v) is 19.4. The van der Waals surface area contributed by atoms with Gasteiger partial charge in [-0.3, -0.25) is 4.79 Å². The van der Waals surface area contributed by atoms with Crippen LogP contribution in [0, 0.1) is 0 Å². The smallest absolute Gasteiger partial charge is 0.338 e. The Morgan fingerprint density at radius 1 is 1.03 bits per heavy atom. The Kier molecular flexibility index (Phi) is 10.8. The summed E-state index contributed by atoms with van der Waals surface area (Å²) in [5.74, 6) is -0.442. The average molecular weight is 427 g/mol. The van der Waals surface area contributed by atoms with E-state index in [4.69, 9.17) is 15.4 Å². The highest BCUT2D eigenvalue weighted by Gasteiger charge is 2.31. The van der Waals surface area contributed by atoms with Crippen molar-refractivity contribution in [3.8, 4) is 0 Å². The first-order valence-electron chi connectivity index (χ1n) is 10.8. The van der Waals surface area contributed by atoms with Gasteiger partial charge < -0.3 is 14.0 Å². The lowest BCUT2D eigenvalue weighted by Crippen LogP contribution is -2.35. The van der Waals surface area contributed by atoms with Crippen molar-refractivity contribution in [3.63, 3.8) is 0 Å². The van der Waals surface area contributed by atoms with Crippen LogP contribution in [0.1, 0.15) is 66.6 Å². The quantitative estimate of drug-likeness (QED) is 0.326. The first-order chi connectivity index (χ1) is 14.2. The second-order valence-electron chi connectivity index (χ2n) is 7.42. The first kappa shape index (κ1) is 23.9. The van der Waals surface area contributed by atoms with Gasteiger partial charge in [0.15, 0.2) is 13.8 Å². The van der Waals surface area contributed by atoms with Gasteiger partial charge in [0.05, 0.1) is 24.4 Å². The molecule has 0 aliphatic rings. The third-order valence-electron chi connectivity index (χ3n) is 4.05. The first-order valence-corrected chi connectivity index (χ1v) is 11.3. The largest absolute Gasteiger partial charge is 0.459 e. The maximum atomic E-state index is 12.5. The Hall–Kier alpha value is -1.33. The van der Waals surface area contributed by atoms with Gasteiger partial charge in [-0.15, -0.1) is 0 Å². The lowest BCUT2D eigenvalue weighted by atomic mass is 10.2. The Morgan fingerprint density at radius 2 is 1.66 bits per heavy atom. The highest BCUT2D eigenvalue weighted by atomic mass is 31.2. The molecule has 7 heteroatoms. The SMILES string of the molecule is [2H]CC(COC(=O)c1ccccc1)OC(C)COP(C(=O)CC)N(C(C)C)C(C)C. The summed E-state index contributed by atoms with van der Waals surface area (Å²) in [6.45, 7) is 12.1. The molecule has 1 aromatic carbocycles. The topological polar surface area (TPSA) is 65.1 Å². The molecule has 0 spiro atoms. The van der Waals surface area contributed by atoms with Crippen LogP contribution in [0.5, 0.6) is 0 Å². The van der Waals surface area contributed by atoms with Crippen LogP contribution < -0.4 is 0 Å². The van der Waals surface area contributed by atoms with Gasteiger partial charge in [-0.05, 0) is 53.7 Å². The van der Waals surface area contributed by atoms with Crippen molar-refractivity contribution >= 4 is 19.8 Å². The summed E-state index contributed by atoms with van der Waals surface area (Å²) in [6.07, 6.45) is -0.482. The molecule has 0 radical (unpaired) electrons. The molecule has 0 aliphatic heterocycles. The van der Waals surface area contributed by atoms with Crippen LogP contribution in [-0.4, -0.2) is 53.7 Å². The Morgan fingerprint density at radius 3 is 2.17 bits per heavy atom. The van der Waals surface area contributed by atoms with Crippen LogP contribution in [0.2, 0.25) is 0 Å². The third kappa shape index (κ3) is 8.91. The highest BCUT2D eigenvalue weighted by molar-refractivity contribution is 7.68. The van der Waals surface area contributed by atoms with E-state index in [2.05, 4.69) is 32.4 Å². The predicted octanol–water partition coefficient (Wildman–Crippen LogP) is 5.02. The molecule has 0 fully saturated rings. The number of rotatable bonds is 13. The summed E-state index contributed by atoms with van der Waals surface area (Å²) < 4.78 is 26.9. The number of ether oxygens (including phenoxy) is 2. The van der Waals surface area contributed by atoms with E-state index in [-0.39, 0.29) is 43.8 Å². The van der Waals surface area contributed by atoms with Gasteiger partial charge in [-0.25, -0.2) is 9.46 Å². The molecule has 6 nitrogen and oxygen atoms in total. The maximum absolute atomic E-state index is 12.5. The van der Waals surface area contributed by atoms with Crippen molar-refractivity contribution < 1.29 is 25.0 Å². The molecule has 3 atom stereocenters. The minimum atomic E-state index is -1.39. The molecule has 0 heterocycles. The van der Waals surface area contributed by atoms with Gasteiger partial charge in [0.25, 0.3) is 0 Å². The van der Waals surface area contributed by atoms with Crippen LogP contribution in [0.3, 0.4) is 0 Å². The monoisotopic (exact) mass is 426 g/mol. The van der Waals surface area contributed by atoms with Crippen LogP contribution in [-0.2, 0) is 18.8 Å². The van der Waals surface area contributed by atoms with E-state index in [1.54, 1.807) is 24.3 Å². The molecule has 0 aliphatic carbocycles. The van der Waals surface area contributed by atoms with Crippen molar-refractivity contribution in [1.29, 1.82) is 0 Å². The van der Waals surface area contributed by atoms with Gasteiger partial charge >= 0.3 is 5.97 Å². The normalized spacial score (nSPS) is 15.3. The van der Waals surface area contributed by atoms with E-state index in [0.29, 0.717) is 12.0 Å². The summed E-state index contributed by atoms with van der Waals surface area (Å²) in [5.41, 5.74) is 0.553. The van der Waals surface area contributed by atoms with Gasteiger partial charge in [0.2, 0.25) is 0 Å². The van der Waals surface area contributed by atoms with Crippen LogP contribution >= 0.6 is 8.30 Å². The number of nitrogens with zero attached hydrogens (tertiary/aromatic N) is 1. The van der Waals surface area contributed by atoms with Gasteiger partial charge in [0, 0.05) is 19.9 Å². The van der Waals surface area contributed by atoms with E-state index in [1.807, 2.05) is 19.9 Å². The fourth-order valence-electron chi connectivity index (χ4n) is 2.83. The van der Waals surface area contributed by atoms with Crippen LogP contribution in [0.4, 0.5) is 0 Å². The van der Waals surface area contributed by atoms with E-state index in [1.165, 1.54) is 0 Å². The molecule has 0 bridgehead atoms. The molecule has 29 heavy (non-hydrogen) atoms. The van der Waals surface area contributed by atoms with Crippen molar-refractivity contribution in [3.05, 3.63) is 35.9 Å². The fraction of sp³-hybridized carbons (Fsp3) is 0.636. The van der Waals surface area contributed by atoms with Crippen molar-refractivity contribution in [1.82, 2.24) is 4.67 Å². The summed E-state index contributed by atoms with van der Waals surface area (Å²) in [6, 6.07) is 9.08. The third-order valence-corrected chi connectivity index (χ3v) is 6.53. The molecule has 164 valence electrons. The summed E-state index contributed by atoms with van der Waals surface area (Å²) in [7, 11) is -1.39. The second-order valence-corrected chi connectivity index (χ2v) is 9.18. The molecule has 0 saturated heterocycles. The maximum Gasteiger partial charge on any atom is 0.338 e. The second kappa shape index (κ2) is 13.1. The highest BCUT2D eigenvalue weighted by Crippen LogP contribution is 2.46. The number of carbonyl (C=O) groups excluding carboxylic acids is 2. The van der Waals surface area contributed by atoms with Gasteiger partial charge in [-0.2, -0.15) is 0 Å². The van der Waals surface area contributed by atoms with E-state index in [9.17, 15) is 9.59 Å². The minimum Gasteiger partial charge on any atom is -0.459 e. The molecule has 1 rings (SSSR count). The van der Waals surface area contributed by atoms with Crippen molar-refractivity contribution in [2.75, 3.05) is 13.2 Å². The molecule has 3 unspecified atom stereocenters. The molecular formula is C22H36NO5P. The van der Waals surface area contributed by atoms with Crippen molar-refractivity contribution in [2.24, 2.45) is 0 Å². The minimum absolute atomic E-state index is 0.00562. The van der Waals surface area contributed by atoms with Gasteiger partial charge in [0.1, 0.15) is 6.61 Å². The number of carbonyl (C=O) groups is 2. The van der Waals surface area contributed by atoms with Crippen molar-refractivity contribution in [2.45, 2.75) is 79.2 Å². The molecule has 0 aromatic heterocycles. The number of hydrogen-bond acceptors (Lipinski definition) is 6. The van der Waals surface area contributed by atoms with Crippen LogP contribution in [0.15, 0.2) is 30.3 Å². The van der Waals surface area contributed by atoms with E-state index < -0.39 is 20.4 Å². The van der Waals surface area contributed by atoms with Gasteiger partial charge in [-0.1, -0.05) is 25.1 Å². The number of benzene rings is 1. The lowest BCUT2D eigenvalue weighted by molar-refractivity contribution is -0.112. The fourth-order valence-corrected chi connectivity index (χ4v) is 4.82. The van der Waals surface area contributed by atoms with E-state index >= 15 is 0 Å². The molecule has 0 amide bonds. The summed E-state index contributed by atoms with van der Waals surface area (Å²) >= 11 is 0. The Labute approximate surface area is 178 Å². The molecule has 0 N–H and O–H groups in total. The lowest BCUT2D eigenvalue weighted by Gasteiger charge is -2.36. The Bertz CT molecular complexity index is 636. The average Bonchev–Trinajstić information content (AvgIpc) is 2.72.